The maximum absolute atomic E-state index is 13.6. The number of amides is 1. The van der Waals surface area contributed by atoms with Crippen LogP contribution in [0.5, 0.6) is 5.75 Å². The summed E-state index contributed by atoms with van der Waals surface area (Å²) in [6.07, 6.45) is 1.71. The van der Waals surface area contributed by atoms with Crippen molar-refractivity contribution in [3.05, 3.63) is 63.9 Å². The fraction of sp³-hybridized carbons (Fsp3) is 0.364. The Morgan fingerprint density at radius 2 is 1.97 bits per heavy atom. The maximum Gasteiger partial charge on any atom is 0.303 e. The highest BCUT2D eigenvalue weighted by Crippen LogP contribution is 2.33. The fourth-order valence-electron chi connectivity index (χ4n) is 3.54. The van der Waals surface area contributed by atoms with E-state index >= 15 is 0 Å². The molecule has 1 aromatic heterocycles. The van der Waals surface area contributed by atoms with E-state index in [1.165, 1.54) is 29.5 Å². The highest BCUT2D eigenvalue weighted by molar-refractivity contribution is 7.12. The Labute approximate surface area is 177 Å². The van der Waals surface area contributed by atoms with Gasteiger partial charge in [-0.2, -0.15) is 0 Å². The maximum atomic E-state index is 13.6. The van der Waals surface area contributed by atoms with Gasteiger partial charge in [-0.05, 0) is 31.0 Å². The molecule has 0 aliphatic carbocycles. The van der Waals surface area contributed by atoms with Crippen molar-refractivity contribution in [3.8, 4) is 5.75 Å². The standard InChI is InChI=1S/C22H23F2NO4S/c23-22(24)18(17-3-1-2-4-19(17)26)10-5-14-6-11-20(27)25(14)13-16-8-7-15(30-16)9-12-21(28)29/h1-5,7-8,10,14,18,22,26H,6,9,11-13H2,(H,28,29)/b10-5+/t14-,18?/m0/s1. The molecule has 0 radical (unpaired) electrons. The van der Waals surface area contributed by atoms with Crippen molar-refractivity contribution < 1.29 is 28.6 Å². The van der Waals surface area contributed by atoms with Gasteiger partial charge in [0, 0.05) is 21.7 Å². The van der Waals surface area contributed by atoms with E-state index in [4.69, 9.17) is 5.11 Å². The molecule has 3 rings (SSSR count). The topological polar surface area (TPSA) is 77.8 Å². The van der Waals surface area contributed by atoms with Gasteiger partial charge in [-0.25, -0.2) is 8.78 Å². The molecule has 0 bridgehead atoms. The SMILES string of the molecule is O=C(O)CCc1ccc(CN2C(=O)CC[C@@H]2/C=C/C(c2ccccc2O)C(F)F)s1. The second kappa shape index (κ2) is 9.84. The molecule has 8 heteroatoms. The van der Waals surface area contributed by atoms with E-state index in [1.807, 2.05) is 12.1 Å². The summed E-state index contributed by atoms with van der Waals surface area (Å²) < 4.78 is 27.2. The highest BCUT2D eigenvalue weighted by atomic mass is 32.1. The fourth-order valence-corrected chi connectivity index (χ4v) is 4.56. The molecule has 5 nitrogen and oxygen atoms in total. The van der Waals surface area contributed by atoms with Gasteiger partial charge in [0.15, 0.2) is 0 Å². The van der Waals surface area contributed by atoms with Crippen LogP contribution in [0.3, 0.4) is 0 Å². The Balaban J connectivity index is 1.71. The lowest BCUT2D eigenvalue weighted by atomic mass is 9.97. The van der Waals surface area contributed by atoms with Gasteiger partial charge < -0.3 is 15.1 Å². The predicted molar refractivity (Wildman–Crippen MR) is 110 cm³/mol. The summed E-state index contributed by atoms with van der Waals surface area (Å²) in [7, 11) is 0. The summed E-state index contributed by atoms with van der Waals surface area (Å²) in [4.78, 5) is 26.6. The smallest absolute Gasteiger partial charge is 0.303 e. The summed E-state index contributed by atoms with van der Waals surface area (Å²) >= 11 is 1.46. The number of phenolic OH excluding ortho intramolecular Hbond substituents is 1. The molecular formula is C22H23F2NO4S. The minimum Gasteiger partial charge on any atom is -0.508 e. The summed E-state index contributed by atoms with van der Waals surface area (Å²) in [6, 6.07) is 9.46. The van der Waals surface area contributed by atoms with Gasteiger partial charge in [-0.1, -0.05) is 30.4 Å². The molecule has 1 aliphatic heterocycles. The Morgan fingerprint density at radius 3 is 2.67 bits per heavy atom. The molecule has 2 aromatic rings. The van der Waals surface area contributed by atoms with Gasteiger partial charge in [-0.15, -0.1) is 11.3 Å². The van der Waals surface area contributed by atoms with E-state index in [9.17, 15) is 23.5 Å². The first kappa shape index (κ1) is 22.0. The number of carbonyl (C=O) groups excluding carboxylic acids is 1. The number of phenols is 1. The number of aryl methyl sites for hydroxylation is 1. The number of halogens is 2. The number of thiophene rings is 1. The number of carbonyl (C=O) groups is 2. The monoisotopic (exact) mass is 435 g/mol. The zero-order valence-electron chi connectivity index (χ0n) is 16.2. The van der Waals surface area contributed by atoms with Gasteiger partial charge in [0.1, 0.15) is 5.75 Å². The Morgan fingerprint density at radius 1 is 1.23 bits per heavy atom. The average molecular weight is 435 g/mol. The van der Waals surface area contributed by atoms with Crippen LogP contribution in [0.25, 0.3) is 0 Å². The van der Waals surface area contributed by atoms with Crippen molar-refractivity contribution >= 4 is 23.2 Å². The Hall–Kier alpha value is -2.74. The van der Waals surface area contributed by atoms with E-state index in [2.05, 4.69) is 0 Å². The molecule has 30 heavy (non-hydrogen) atoms. The first-order valence-electron chi connectivity index (χ1n) is 9.68. The van der Waals surface area contributed by atoms with E-state index in [1.54, 1.807) is 23.1 Å². The number of carboxylic acid groups (broad SMARTS) is 1. The number of benzene rings is 1. The van der Waals surface area contributed by atoms with Crippen LogP contribution in [0.4, 0.5) is 8.78 Å². The molecule has 1 aliphatic rings. The van der Waals surface area contributed by atoms with Gasteiger partial charge in [0.05, 0.1) is 24.9 Å². The van der Waals surface area contributed by atoms with Crippen molar-refractivity contribution in [1.82, 2.24) is 4.90 Å². The molecule has 0 spiro atoms. The second-order valence-corrected chi connectivity index (χ2v) is 8.45. The highest BCUT2D eigenvalue weighted by Gasteiger charge is 2.30. The molecular weight excluding hydrogens is 412 g/mol. The first-order chi connectivity index (χ1) is 14.3. The van der Waals surface area contributed by atoms with Gasteiger partial charge >= 0.3 is 5.97 Å². The molecule has 2 atom stereocenters. The van der Waals surface area contributed by atoms with E-state index in [-0.39, 0.29) is 29.7 Å². The molecule has 1 saturated heterocycles. The van der Waals surface area contributed by atoms with Crippen molar-refractivity contribution in [2.75, 3.05) is 0 Å². The molecule has 1 fully saturated rings. The predicted octanol–water partition coefficient (Wildman–Crippen LogP) is 4.57. The average Bonchev–Trinajstić information content (AvgIpc) is 3.29. The van der Waals surface area contributed by atoms with Crippen molar-refractivity contribution in [2.45, 2.75) is 50.6 Å². The minimum atomic E-state index is -2.69. The van der Waals surface area contributed by atoms with Crippen LogP contribution in [0.2, 0.25) is 0 Å². The summed E-state index contributed by atoms with van der Waals surface area (Å²) in [5.41, 5.74) is 0.154. The van der Waals surface area contributed by atoms with Gasteiger partial charge in [0.2, 0.25) is 12.3 Å². The summed E-state index contributed by atoms with van der Waals surface area (Å²) in [5.74, 6) is -2.34. The molecule has 2 N–H and O–H groups in total. The number of carboxylic acids is 1. The van der Waals surface area contributed by atoms with Crippen LogP contribution < -0.4 is 0 Å². The Kier molecular flexibility index (Phi) is 7.20. The largest absolute Gasteiger partial charge is 0.508 e. The van der Waals surface area contributed by atoms with Crippen LogP contribution in [0.15, 0.2) is 48.6 Å². The number of nitrogens with zero attached hydrogens (tertiary/aromatic N) is 1. The molecule has 2 heterocycles. The second-order valence-electron chi connectivity index (χ2n) is 7.19. The minimum absolute atomic E-state index is 0.0405. The number of likely N-dealkylation sites (tertiary alicyclic amines) is 1. The third-order valence-electron chi connectivity index (χ3n) is 5.11. The van der Waals surface area contributed by atoms with Crippen LogP contribution in [0.1, 0.15) is 40.5 Å². The zero-order chi connectivity index (χ0) is 21.7. The number of hydrogen-bond donors (Lipinski definition) is 2. The third-order valence-corrected chi connectivity index (χ3v) is 6.24. The number of aromatic hydroxyl groups is 1. The zero-order valence-corrected chi connectivity index (χ0v) is 17.0. The number of para-hydroxylation sites is 1. The molecule has 1 aromatic carbocycles. The van der Waals surface area contributed by atoms with Gasteiger partial charge in [0.25, 0.3) is 0 Å². The number of alkyl halides is 2. The van der Waals surface area contributed by atoms with E-state index < -0.39 is 18.3 Å². The van der Waals surface area contributed by atoms with Crippen molar-refractivity contribution in [2.24, 2.45) is 0 Å². The number of hydrogen-bond acceptors (Lipinski definition) is 4. The molecule has 1 unspecified atom stereocenters. The number of rotatable bonds is 9. The quantitative estimate of drug-likeness (QED) is 0.566. The molecule has 0 saturated carbocycles. The number of allylic oxidation sites excluding steroid dienone is 1. The van der Waals surface area contributed by atoms with E-state index in [0.29, 0.717) is 25.8 Å². The van der Waals surface area contributed by atoms with Crippen molar-refractivity contribution in [1.29, 1.82) is 0 Å². The first-order valence-corrected chi connectivity index (χ1v) is 10.5. The lowest BCUT2D eigenvalue weighted by Crippen LogP contribution is -2.31. The van der Waals surface area contributed by atoms with Crippen LogP contribution in [-0.4, -0.2) is 39.5 Å². The third kappa shape index (κ3) is 5.44. The van der Waals surface area contributed by atoms with Crippen LogP contribution in [0, 0.1) is 0 Å². The lowest BCUT2D eigenvalue weighted by molar-refractivity contribution is -0.137. The Bertz CT molecular complexity index is 927. The summed E-state index contributed by atoms with van der Waals surface area (Å²) in [5, 5.41) is 18.7. The number of aliphatic carboxylic acids is 1. The molecule has 1 amide bonds. The summed E-state index contributed by atoms with van der Waals surface area (Å²) in [6.45, 7) is 0.363. The lowest BCUT2D eigenvalue weighted by Gasteiger charge is -2.22. The van der Waals surface area contributed by atoms with Gasteiger partial charge in [-0.3, -0.25) is 9.59 Å². The van der Waals surface area contributed by atoms with Crippen LogP contribution in [-0.2, 0) is 22.6 Å². The van der Waals surface area contributed by atoms with Crippen molar-refractivity contribution in [3.63, 3.8) is 0 Å². The normalized spacial score (nSPS) is 17.9. The molecule has 160 valence electrons. The van der Waals surface area contributed by atoms with Crippen LogP contribution >= 0.6 is 11.3 Å². The van der Waals surface area contributed by atoms with E-state index in [0.717, 1.165) is 9.75 Å².